The quantitative estimate of drug-likeness (QED) is 0.349. The molecule has 3 heterocycles. The zero-order valence-corrected chi connectivity index (χ0v) is 18.8. The third-order valence-corrected chi connectivity index (χ3v) is 5.67. The van der Waals surface area contributed by atoms with Crippen LogP contribution in [0.15, 0.2) is 36.5 Å². The minimum Gasteiger partial charge on any atom is -0.361 e. The van der Waals surface area contributed by atoms with Crippen LogP contribution < -0.4 is 21.3 Å². The summed E-state index contributed by atoms with van der Waals surface area (Å²) in [5.74, 6) is -1.27. The summed E-state index contributed by atoms with van der Waals surface area (Å²) in [6, 6.07) is 9.61. The number of rotatable bonds is 7. The monoisotopic (exact) mass is 451 g/mol. The van der Waals surface area contributed by atoms with E-state index in [0.717, 1.165) is 29.3 Å². The molecule has 1 aliphatic rings. The van der Waals surface area contributed by atoms with Gasteiger partial charge >= 0.3 is 11.8 Å². The van der Waals surface area contributed by atoms with E-state index >= 15 is 0 Å². The lowest BCUT2D eigenvalue weighted by atomic mass is 10.1. The molecule has 3 amide bonds. The Labute approximate surface area is 191 Å². The van der Waals surface area contributed by atoms with E-state index in [0.29, 0.717) is 30.9 Å². The van der Waals surface area contributed by atoms with Crippen LogP contribution in [0.4, 0.5) is 5.82 Å². The molecule has 0 spiro atoms. The molecule has 1 saturated heterocycles. The molecule has 5 N–H and O–H groups in total. The molecule has 2 atom stereocenters. The van der Waals surface area contributed by atoms with Gasteiger partial charge in [-0.1, -0.05) is 31.5 Å². The summed E-state index contributed by atoms with van der Waals surface area (Å²) in [4.78, 5) is 40.2. The number of nitrogens with one attached hydrogen (secondary N) is 5. The highest BCUT2D eigenvalue weighted by Crippen LogP contribution is 2.19. The third-order valence-electron chi connectivity index (χ3n) is 5.67. The number of fused-ring (bicyclic) bond motifs is 1. The Morgan fingerprint density at radius 2 is 2.06 bits per heavy atom. The number of hydrogen-bond acceptors (Lipinski definition) is 5. The predicted molar refractivity (Wildman–Crippen MR) is 124 cm³/mol. The maximum atomic E-state index is 12.5. The number of amides is 3. The summed E-state index contributed by atoms with van der Waals surface area (Å²) in [6.45, 7) is 4.16. The van der Waals surface area contributed by atoms with E-state index in [9.17, 15) is 14.4 Å². The number of aromatic amines is 1. The van der Waals surface area contributed by atoms with Crippen molar-refractivity contribution in [2.45, 2.75) is 51.9 Å². The first-order valence-corrected chi connectivity index (χ1v) is 11.2. The molecule has 0 bridgehead atoms. The molecule has 0 saturated carbocycles. The standard InChI is InChI=1S/C23H29N7O3/c1-3-6-16-12-20(31)28-23(26-16)30-19(11-14(2)29-30)27-22(33)21(32)24-10-9-15-13-25-18-8-5-4-7-17(15)18/h4-5,7-8,11,13,16,23,25-26H,3,6,9-10,12H2,1-2H3,(H,24,32)(H,27,33)(H,28,31). The summed E-state index contributed by atoms with van der Waals surface area (Å²) in [5, 5.41) is 16.9. The highest BCUT2D eigenvalue weighted by Gasteiger charge is 2.29. The number of benzene rings is 1. The summed E-state index contributed by atoms with van der Waals surface area (Å²) < 4.78 is 1.49. The lowest BCUT2D eigenvalue weighted by Gasteiger charge is -2.32. The molecule has 1 aliphatic heterocycles. The van der Waals surface area contributed by atoms with E-state index in [1.165, 1.54) is 4.68 Å². The van der Waals surface area contributed by atoms with Crippen LogP contribution >= 0.6 is 0 Å². The Morgan fingerprint density at radius 3 is 2.88 bits per heavy atom. The SMILES string of the molecule is CCCC1CC(=O)NC(n2nc(C)cc2NC(=O)C(=O)NCCc2c[nH]c3ccccc23)N1. The average molecular weight is 452 g/mol. The van der Waals surface area contributed by atoms with Crippen LogP contribution in [0.25, 0.3) is 10.9 Å². The van der Waals surface area contributed by atoms with Crippen LogP contribution in [0.3, 0.4) is 0 Å². The summed E-state index contributed by atoms with van der Waals surface area (Å²) in [7, 11) is 0. The summed E-state index contributed by atoms with van der Waals surface area (Å²) in [5.41, 5.74) is 2.75. The van der Waals surface area contributed by atoms with E-state index < -0.39 is 18.1 Å². The minimum absolute atomic E-state index is 0.0228. The Hall–Kier alpha value is -3.66. The van der Waals surface area contributed by atoms with Crippen molar-refractivity contribution in [2.24, 2.45) is 0 Å². The van der Waals surface area contributed by atoms with Gasteiger partial charge in [0, 0.05) is 42.2 Å². The smallest absolute Gasteiger partial charge is 0.314 e. The Bertz CT molecular complexity index is 1170. The molecule has 0 radical (unpaired) electrons. The second-order valence-electron chi connectivity index (χ2n) is 8.26. The number of carbonyl (C=O) groups is 3. The second-order valence-corrected chi connectivity index (χ2v) is 8.26. The van der Waals surface area contributed by atoms with Gasteiger partial charge < -0.3 is 20.9 Å². The van der Waals surface area contributed by atoms with Gasteiger partial charge in [-0.05, 0) is 31.4 Å². The van der Waals surface area contributed by atoms with Crippen molar-refractivity contribution in [1.29, 1.82) is 0 Å². The van der Waals surface area contributed by atoms with Crippen LogP contribution in [0, 0.1) is 6.92 Å². The van der Waals surface area contributed by atoms with E-state index in [1.54, 1.807) is 13.0 Å². The zero-order chi connectivity index (χ0) is 23.4. The van der Waals surface area contributed by atoms with Gasteiger partial charge in [0.2, 0.25) is 5.91 Å². The first kappa shape index (κ1) is 22.5. The topological polar surface area (TPSA) is 133 Å². The summed E-state index contributed by atoms with van der Waals surface area (Å²) >= 11 is 0. The van der Waals surface area contributed by atoms with Gasteiger partial charge in [0.1, 0.15) is 5.82 Å². The third kappa shape index (κ3) is 5.23. The van der Waals surface area contributed by atoms with Crippen molar-refractivity contribution in [3.05, 3.63) is 47.8 Å². The van der Waals surface area contributed by atoms with Crippen molar-refractivity contribution in [2.75, 3.05) is 11.9 Å². The van der Waals surface area contributed by atoms with Crippen molar-refractivity contribution < 1.29 is 14.4 Å². The Balaban J connectivity index is 1.36. The van der Waals surface area contributed by atoms with Crippen molar-refractivity contribution in [1.82, 2.24) is 30.7 Å². The van der Waals surface area contributed by atoms with Gasteiger partial charge in [0.25, 0.3) is 0 Å². The molecule has 2 aromatic heterocycles. The first-order chi connectivity index (χ1) is 15.9. The highest BCUT2D eigenvalue weighted by molar-refractivity contribution is 6.39. The fourth-order valence-electron chi connectivity index (χ4n) is 4.13. The normalized spacial score (nSPS) is 18.2. The average Bonchev–Trinajstić information content (AvgIpc) is 3.36. The lowest BCUT2D eigenvalue weighted by Crippen LogP contribution is -2.53. The van der Waals surface area contributed by atoms with Crippen LogP contribution in [-0.4, -0.2) is 45.1 Å². The number of hydrogen-bond donors (Lipinski definition) is 5. The summed E-state index contributed by atoms with van der Waals surface area (Å²) in [6.07, 6.45) is 4.09. The Kier molecular flexibility index (Phi) is 6.74. The van der Waals surface area contributed by atoms with Crippen molar-refractivity contribution in [3.63, 3.8) is 0 Å². The van der Waals surface area contributed by atoms with Crippen LogP contribution in [0.2, 0.25) is 0 Å². The van der Waals surface area contributed by atoms with E-state index in [4.69, 9.17) is 0 Å². The van der Waals surface area contributed by atoms with E-state index in [-0.39, 0.29) is 11.9 Å². The lowest BCUT2D eigenvalue weighted by molar-refractivity contribution is -0.136. The van der Waals surface area contributed by atoms with Gasteiger partial charge in [-0.15, -0.1) is 0 Å². The molecule has 4 rings (SSSR count). The number of H-pyrrole nitrogens is 1. The molecule has 0 aliphatic carbocycles. The minimum atomic E-state index is -0.790. The molecule has 1 fully saturated rings. The molecule has 10 heteroatoms. The molecular formula is C23H29N7O3. The fourth-order valence-corrected chi connectivity index (χ4v) is 4.13. The van der Waals surface area contributed by atoms with Gasteiger partial charge in [0.15, 0.2) is 6.29 Å². The molecule has 3 aromatic rings. The largest absolute Gasteiger partial charge is 0.361 e. The highest BCUT2D eigenvalue weighted by atomic mass is 16.2. The zero-order valence-electron chi connectivity index (χ0n) is 18.8. The van der Waals surface area contributed by atoms with Crippen LogP contribution in [0.5, 0.6) is 0 Å². The van der Waals surface area contributed by atoms with Crippen molar-refractivity contribution >= 4 is 34.4 Å². The van der Waals surface area contributed by atoms with Gasteiger partial charge in [-0.3, -0.25) is 19.7 Å². The first-order valence-electron chi connectivity index (χ1n) is 11.2. The van der Waals surface area contributed by atoms with Crippen LogP contribution in [0.1, 0.15) is 43.7 Å². The maximum absolute atomic E-state index is 12.5. The van der Waals surface area contributed by atoms with Gasteiger partial charge in [-0.25, -0.2) is 4.68 Å². The molecular weight excluding hydrogens is 422 g/mol. The predicted octanol–water partition coefficient (Wildman–Crippen LogP) is 1.70. The number of aromatic nitrogens is 3. The van der Waals surface area contributed by atoms with E-state index in [2.05, 4.69) is 38.3 Å². The molecule has 174 valence electrons. The van der Waals surface area contributed by atoms with Crippen molar-refractivity contribution in [3.8, 4) is 0 Å². The number of nitrogens with zero attached hydrogens (tertiary/aromatic N) is 2. The fraction of sp³-hybridized carbons (Fsp3) is 0.391. The number of anilines is 1. The van der Waals surface area contributed by atoms with Gasteiger partial charge in [0.05, 0.1) is 5.69 Å². The Morgan fingerprint density at radius 1 is 1.24 bits per heavy atom. The molecule has 1 aromatic carbocycles. The second kappa shape index (κ2) is 9.86. The number of para-hydroxylation sites is 1. The molecule has 10 nitrogen and oxygen atoms in total. The van der Waals surface area contributed by atoms with Crippen LogP contribution in [-0.2, 0) is 20.8 Å². The van der Waals surface area contributed by atoms with Gasteiger partial charge in [-0.2, -0.15) is 5.10 Å². The van der Waals surface area contributed by atoms with E-state index in [1.807, 2.05) is 30.5 Å². The number of aryl methyl sites for hydroxylation is 1. The maximum Gasteiger partial charge on any atom is 0.314 e. The number of carbonyl (C=O) groups excluding carboxylic acids is 3. The molecule has 33 heavy (non-hydrogen) atoms. The molecule has 2 unspecified atom stereocenters.